The first-order chi connectivity index (χ1) is 26.3. The molecule has 53 heavy (non-hydrogen) atoms. The topological polar surface area (TPSA) is 4.93 Å². The van der Waals surface area contributed by atoms with E-state index < -0.39 is 0 Å². The van der Waals surface area contributed by atoms with Crippen molar-refractivity contribution in [1.82, 2.24) is 4.57 Å². The molecule has 12 rings (SSSR count). The highest BCUT2D eigenvalue weighted by Gasteiger charge is 2.24. The maximum absolute atomic E-state index is 2.42. The number of benzene rings is 10. The van der Waals surface area contributed by atoms with Crippen molar-refractivity contribution < 1.29 is 0 Å². The molecule has 0 N–H and O–H groups in total. The Morgan fingerprint density at radius 1 is 0.245 bits per heavy atom. The molecule has 1 heterocycles. The molecular weight excluding hydrogens is 639 g/mol. The van der Waals surface area contributed by atoms with Crippen molar-refractivity contribution in [2.45, 2.75) is 0 Å². The lowest BCUT2D eigenvalue weighted by molar-refractivity contribution is 1.18. The minimum atomic E-state index is 1.18. The summed E-state index contributed by atoms with van der Waals surface area (Å²) in [6, 6.07) is 69.7. The molecule has 0 atom stereocenters. The van der Waals surface area contributed by atoms with Gasteiger partial charge < -0.3 is 4.57 Å². The predicted octanol–water partition coefficient (Wildman–Crippen LogP) is 14.4. The van der Waals surface area contributed by atoms with Gasteiger partial charge in [0.1, 0.15) is 0 Å². The van der Waals surface area contributed by atoms with Crippen LogP contribution in [0.5, 0.6) is 0 Å². The van der Waals surface area contributed by atoms with Crippen LogP contribution in [0.1, 0.15) is 0 Å². The lowest BCUT2D eigenvalue weighted by Crippen LogP contribution is -1.92. The zero-order valence-electron chi connectivity index (χ0n) is 28.8. The molecule has 10 aromatic carbocycles. The molecule has 244 valence electrons. The average molecular weight is 670 g/mol. The van der Waals surface area contributed by atoms with Gasteiger partial charge in [0.2, 0.25) is 0 Å². The number of fused-ring (bicyclic) bond motifs is 12. The molecule has 0 aliphatic heterocycles. The van der Waals surface area contributed by atoms with Gasteiger partial charge in [0, 0.05) is 16.5 Å². The third kappa shape index (κ3) is 4.02. The van der Waals surface area contributed by atoms with E-state index in [1.807, 2.05) is 0 Å². The minimum absolute atomic E-state index is 1.18. The summed E-state index contributed by atoms with van der Waals surface area (Å²) in [4.78, 5) is 0. The van der Waals surface area contributed by atoms with E-state index in [1.165, 1.54) is 115 Å². The summed E-state index contributed by atoms with van der Waals surface area (Å²) in [5, 5.41) is 13.0. The van der Waals surface area contributed by atoms with E-state index in [0.717, 1.165) is 0 Å². The standard InChI is InChI=1S/C52H31N/c1-2-11-35(12-3-1)53-50-20-9-8-17-43(50)49-31-34(23-28-51(49)53)36-26-27-46-42-25-22-33(30-48(42)45-19-10-18-44(36)52(45)46)32-21-24-41-39-15-5-4-13-37(39)38-14-6-7-16-40(38)47(41)29-32/h1-31H. The smallest absolute Gasteiger partial charge is 0.0541 e. The van der Waals surface area contributed by atoms with Crippen molar-refractivity contribution in [3.8, 4) is 50.2 Å². The van der Waals surface area contributed by atoms with Gasteiger partial charge in [-0.15, -0.1) is 0 Å². The van der Waals surface area contributed by atoms with Crippen molar-refractivity contribution in [2.75, 3.05) is 0 Å². The van der Waals surface area contributed by atoms with Gasteiger partial charge in [-0.25, -0.2) is 0 Å². The normalized spacial score (nSPS) is 12.2. The molecule has 1 aliphatic rings. The summed E-state index contributed by atoms with van der Waals surface area (Å²) in [6.45, 7) is 0. The predicted molar refractivity (Wildman–Crippen MR) is 226 cm³/mol. The van der Waals surface area contributed by atoms with E-state index in [-0.39, 0.29) is 0 Å². The summed E-state index contributed by atoms with van der Waals surface area (Å²) >= 11 is 0. The van der Waals surface area contributed by atoms with Crippen LogP contribution < -0.4 is 0 Å². The summed E-state index contributed by atoms with van der Waals surface area (Å²) in [6.07, 6.45) is 0. The number of hydrogen-bond donors (Lipinski definition) is 0. The van der Waals surface area contributed by atoms with Crippen LogP contribution in [0, 0.1) is 0 Å². The Kier molecular flexibility index (Phi) is 5.84. The van der Waals surface area contributed by atoms with Crippen LogP contribution in [0.15, 0.2) is 188 Å². The lowest BCUT2D eigenvalue weighted by atomic mass is 9.91. The molecule has 1 heteroatoms. The van der Waals surface area contributed by atoms with Crippen molar-refractivity contribution >= 4 is 64.9 Å². The zero-order chi connectivity index (χ0) is 34.6. The van der Waals surface area contributed by atoms with Gasteiger partial charge in [-0.3, -0.25) is 0 Å². The molecule has 0 bridgehead atoms. The van der Waals surface area contributed by atoms with Crippen LogP contribution in [0.3, 0.4) is 0 Å². The molecule has 1 nitrogen and oxygen atoms in total. The molecule has 0 fully saturated rings. The second-order valence-electron chi connectivity index (χ2n) is 14.4. The van der Waals surface area contributed by atoms with Crippen LogP contribution in [0.2, 0.25) is 0 Å². The highest BCUT2D eigenvalue weighted by atomic mass is 15.0. The summed E-state index contributed by atoms with van der Waals surface area (Å²) in [5.41, 5.74) is 13.9. The Balaban J connectivity index is 1.01. The van der Waals surface area contributed by atoms with Gasteiger partial charge in [0.15, 0.2) is 0 Å². The van der Waals surface area contributed by atoms with E-state index >= 15 is 0 Å². The van der Waals surface area contributed by atoms with Crippen LogP contribution in [0.4, 0.5) is 0 Å². The molecule has 0 saturated carbocycles. The largest absolute Gasteiger partial charge is 0.309 e. The van der Waals surface area contributed by atoms with E-state index in [4.69, 9.17) is 0 Å². The molecule has 0 amide bonds. The fourth-order valence-corrected chi connectivity index (χ4v) is 9.37. The van der Waals surface area contributed by atoms with Crippen LogP contribution in [-0.4, -0.2) is 4.57 Å². The maximum atomic E-state index is 2.42. The van der Waals surface area contributed by atoms with E-state index in [9.17, 15) is 0 Å². The maximum Gasteiger partial charge on any atom is 0.0541 e. The van der Waals surface area contributed by atoms with E-state index in [1.54, 1.807) is 0 Å². The fraction of sp³-hybridized carbons (Fsp3) is 0. The Labute approximate surface area is 306 Å². The molecule has 0 radical (unpaired) electrons. The average Bonchev–Trinajstić information content (AvgIpc) is 3.74. The highest BCUT2D eigenvalue weighted by molar-refractivity contribution is 6.26. The van der Waals surface area contributed by atoms with Gasteiger partial charge in [-0.05, 0) is 130 Å². The molecule has 0 saturated heterocycles. The highest BCUT2D eigenvalue weighted by Crippen LogP contribution is 2.51. The van der Waals surface area contributed by atoms with E-state index in [2.05, 4.69) is 193 Å². The quantitative estimate of drug-likeness (QED) is 0.165. The molecule has 0 unspecified atom stereocenters. The molecule has 11 aromatic rings. The van der Waals surface area contributed by atoms with Crippen molar-refractivity contribution in [3.63, 3.8) is 0 Å². The van der Waals surface area contributed by atoms with Crippen LogP contribution >= 0.6 is 0 Å². The lowest BCUT2D eigenvalue weighted by Gasteiger charge is -2.13. The Morgan fingerprint density at radius 3 is 1.57 bits per heavy atom. The molecular formula is C52H31N. The first-order valence-electron chi connectivity index (χ1n) is 18.4. The Bertz CT molecular complexity index is 3290. The first-order valence-corrected chi connectivity index (χ1v) is 18.4. The number of nitrogens with zero attached hydrogens (tertiary/aromatic N) is 1. The molecule has 0 spiro atoms. The molecule has 1 aliphatic carbocycles. The van der Waals surface area contributed by atoms with Crippen LogP contribution in [-0.2, 0) is 0 Å². The van der Waals surface area contributed by atoms with Gasteiger partial charge >= 0.3 is 0 Å². The van der Waals surface area contributed by atoms with Gasteiger partial charge in [0.25, 0.3) is 0 Å². The number of hydrogen-bond acceptors (Lipinski definition) is 0. The van der Waals surface area contributed by atoms with E-state index in [0.29, 0.717) is 0 Å². The summed E-state index contributed by atoms with van der Waals surface area (Å²) < 4.78 is 2.39. The fourth-order valence-electron chi connectivity index (χ4n) is 9.37. The monoisotopic (exact) mass is 669 g/mol. The summed E-state index contributed by atoms with van der Waals surface area (Å²) in [7, 11) is 0. The summed E-state index contributed by atoms with van der Waals surface area (Å²) in [5.74, 6) is 0. The number of aromatic nitrogens is 1. The van der Waals surface area contributed by atoms with Gasteiger partial charge in [-0.2, -0.15) is 0 Å². The SMILES string of the molecule is c1ccc(-n2c3ccccc3c3cc(-c4ccc5c6c(cccc46)-c4cc(-c6ccc7c8ccccc8c8ccccc8c7c6)ccc4-5)ccc32)cc1. The third-order valence-corrected chi connectivity index (χ3v) is 11.7. The van der Waals surface area contributed by atoms with Gasteiger partial charge in [0.05, 0.1) is 11.0 Å². The molecule has 1 aromatic heterocycles. The first kappa shape index (κ1) is 28.7. The number of rotatable bonds is 3. The number of para-hydroxylation sites is 2. The van der Waals surface area contributed by atoms with Crippen molar-refractivity contribution in [2.24, 2.45) is 0 Å². The van der Waals surface area contributed by atoms with Crippen molar-refractivity contribution in [3.05, 3.63) is 188 Å². The van der Waals surface area contributed by atoms with Crippen LogP contribution in [0.25, 0.3) is 115 Å². The Morgan fingerprint density at radius 2 is 0.774 bits per heavy atom. The minimum Gasteiger partial charge on any atom is -0.309 e. The Hall–Kier alpha value is -6.96. The van der Waals surface area contributed by atoms with Gasteiger partial charge in [-0.1, -0.05) is 146 Å². The zero-order valence-corrected chi connectivity index (χ0v) is 28.8. The van der Waals surface area contributed by atoms with Crippen molar-refractivity contribution in [1.29, 1.82) is 0 Å². The third-order valence-electron chi connectivity index (χ3n) is 11.7. The second-order valence-corrected chi connectivity index (χ2v) is 14.4. The second kappa shape index (κ2) is 10.8.